The Kier molecular flexibility index (Phi) is 3.64. The summed E-state index contributed by atoms with van der Waals surface area (Å²) in [4.78, 5) is 24.0. The lowest BCUT2D eigenvalue weighted by atomic mass is 10.1. The van der Waals surface area contributed by atoms with Crippen LogP contribution in [0.3, 0.4) is 0 Å². The Morgan fingerprint density at radius 2 is 1.95 bits per heavy atom. The maximum atomic E-state index is 12.1. The number of ether oxygens (including phenoxy) is 1. The van der Waals surface area contributed by atoms with E-state index in [1.807, 2.05) is 18.2 Å². The number of carbonyl (C=O) groups is 2. The summed E-state index contributed by atoms with van der Waals surface area (Å²) >= 11 is 0. The molecule has 5 nitrogen and oxygen atoms in total. The van der Waals surface area contributed by atoms with E-state index in [4.69, 9.17) is 4.74 Å². The SMILES string of the molecule is CC(C)OC(=O)C1=NN(c2ccccc2)C(=O)C1C. The van der Waals surface area contributed by atoms with Gasteiger partial charge < -0.3 is 4.74 Å². The maximum absolute atomic E-state index is 12.1. The van der Waals surface area contributed by atoms with Crippen molar-refractivity contribution < 1.29 is 14.3 Å². The van der Waals surface area contributed by atoms with Gasteiger partial charge >= 0.3 is 5.97 Å². The van der Waals surface area contributed by atoms with Crippen LogP contribution in [0.25, 0.3) is 0 Å². The molecule has 0 aromatic heterocycles. The molecule has 1 heterocycles. The van der Waals surface area contributed by atoms with Gasteiger partial charge in [-0.1, -0.05) is 18.2 Å². The minimum absolute atomic E-state index is 0.155. The van der Waals surface area contributed by atoms with Gasteiger partial charge in [-0.05, 0) is 32.9 Å². The van der Waals surface area contributed by atoms with Crippen LogP contribution >= 0.6 is 0 Å². The van der Waals surface area contributed by atoms with Crippen LogP contribution in [0.4, 0.5) is 5.69 Å². The number of amides is 1. The van der Waals surface area contributed by atoms with Crippen LogP contribution in [0.1, 0.15) is 20.8 Å². The number of esters is 1. The van der Waals surface area contributed by atoms with Gasteiger partial charge in [0.15, 0.2) is 5.71 Å². The highest BCUT2D eigenvalue weighted by atomic mass is 16.5. The van der Waals surface area contributed by atoms with Crippen molar-refractivity contribution in [1.82, 2.24) is 0 Å². The average molecular weight is 260 g/mol. The van der Waals surface area contributed by atoms with Gasteiger partial charge in [-0.25, -0.2) is 4.79 Å². The van der Waals surface area contributed by atoms with Crippen LogP contribution < -0.4 is 5.01 Å². The number of hydrazone groups is 1. The van der Waals surface area contributed by atoms with E-state index >= 15 is 0 Å². The molecule has 19 heavy (non-hydrogen) atoms. The first-order chi connectivity index (χ1) is 9.00. The molecule has 1 unspecified atom stereocenters. The van der Waals surface area contributed by atoms with Crippen molar-refractivity contribution in [1.29, 1.82) is 0 Å². The molecule has 1 aromatic carbocycles. The summed E-state index contributed by atoms with van der Waals surface area (Å²) in [5.41, 5.74) is 0.800. The number of anilines is 1. The smallest absolute Gasteiger partial charge is 0.355 e. The lowest BCUT2D eigenvalue weighted by molar-refractivity contribution is -0.139. The molecule has 0 fully saturated rings. The van der Waals surface area contributed by atoms with Crippen LogP contribution in [0.5, 0.6) is 0 Å². The summed E-state index contributed by atoms with van der Waals surface area (Å²) in [6.45, 7) is 5.18. The number of rotatable bonds is 3. The zero-order chi connectivity index (χ0) is 14.0. The summed E-state index contributed by atoms with van der Waals surface area (Å²) in [5.74, 6) is -1.33. The van der Waals surface area contributed by atoms with Gasteiger partial charge in [0.1, 0.15) is 0 Å². The molecule has 2 rings (SSSR count). The summed E-state index contributed by atoms with van der Waals surface area (Å²) < 4.78 is 5.09. The molecule has 0 aliphatic carbocycles. The van der Waals surface area contributed by atoms with Crippen molar-refractivity contribution in [3.63, 3.8) is 0 Å². The van der Waals surface area contributed by atoms with Crippen molar-refractivity contribution in [3.8, 4) is 0 Å². The predicted molar refractivity (Wildman–Crippen MR) is 71.8 cm³/mol. The fourth-order valence-corrected chi connectivity index (χ4v) is 1.79. The van der Waals surface area contributed by atoms with E-state index in [1.165, 1.54) is 5.01 Å². The Labute approximate surface area is 111 Å². The van der Waals surface area contributed by atoms with E-state index in [1.54, 1.807) is 32.9 Å². The third-order valence-electron chi connectivity index (χ3n) is 2.75. The molecule has 0 bridgehead atoms. The summed E-state index contributed by atoms with van der Waals surface area (Å²) in [6, 6.07) is 9.02. The van der Waals surface area contributed by atoms with E-state index in [2.05, 4.69) is 5.10 Å². The topological polar surface area (TPSA) is 59.0 Å². The molecule has 1 amide bonds. The van der Waals surface area contributed by atoms with Crippen molar-refractivity contribution in [2.45, 2.75) is 26.9 Å². The highest BCUT2D eigenvalue weighted by molar-refractivity contribution is 6.43. The molecule has 1 aliphatic rings. The molecule has 0 saturated carbocycles. The molecular formula is C14H16N2O3. The molecule has 1 aliphatic heterocycles. The molecular weight excluding hydrogens is 244 g/mol. The van der Waals surface area contributed by atoms with Crippen molar-refractivity contribution >= 4 is 23.3 Å². The molecule has 1 aromatic rings. The second kappa shape index (κ2) is 5.22. The fourth-order valence-electron chi connectivity index (χ4n) is 1.79. The molecule has 5 heteroatoms. The van der Waals surface area contributed by atoms with Crippen LogP contribution in [0.15, 0.2) is 35.4 Å². The highest BCUT2D eigenvalue weighted by Gasteiger charge is 2.38. The summed E-state index contributed by atoms with van der Waals surface area (Å²) in [7, 11) is 0. The Bertz CT molecular complexity index is 523. The minimum atomic E-state index is -0.577. The zero-order valence-electron chi connectivity index (χ0n) is 11.2. The van der Waals surface area contributed by atoms with Crippen LogP contribution in [0, 0.1) is 5.92 Å². The molecule has 100 valence electrons. The zero-order valence-corrected chi connectivity index (χ0v) is 11.2. The van der Waals surface area contributed by atoms with Crippen LogP contribution in [0.2, 0.25) is 0 Å². The van der Waals surface area contributed by atoms with E-state index in [0.29, 0.717) is 5.69 Å². The predicted octanol–water partition coefficient (Wildman–Crippen LogP) is 1.98. The Hall–Kier alpha value is -2.17. The first-order valence-corrected chi connectivity index (χ1v) is 6.19. The van der Waals surface area contributed by atoms with E-state index in [0.717, 1.165) is 0 Å². The minimum Gasteiger partial charge on any atom is -0.458 e. The van der Waals surface area contributed by atoms with Gasteiger partial charge in [-0.3, -0.25) is 4.79 Å². The molecule has 0 saturated heterocycles. The summed E-state index contributed by atoms with van der Waals surface area (Å²) in [6.07, 6.45) is -0.233. The highest BCUT2D eigenvalue weighted by Crippen LogP contribution is 2.23. The Morgan fingerprint density at radius 3 is 2.53 bits per heavy atom. The third kappa shape index (κ3) is 2.65. The lowest BCUT2D eigenvalue weighted by Gasteiger charge is -2.11. The van der Waals surface area contributed by atoms with Crippen molar-refractivity contribution in [3.05, 3.63) is 30.3 Å². The molecule has 0 radical (unpaired) electrons. The van der Waals surface area contributed by atoms with Gasteiger partial charge in [0.2, 0.25) is 0 Å². The van der Waals surface area contributed by atoms with E-state index in [-0.39, 0.29) is 17.7 Å². The third-order valence-corrected chi connectivity index (χ3v) is 2.75. The van der Waals surface area contributed by atoms with Gasteiger partial charge in [0.25, 0.3) is 5.91 Å². The number of para-hydroxylation sites is 1. The number of benzene rings is 1. The first kappa shape index (κ1) is 13.3. The lowest BCUT2D eigenvalue weighted by Crippen LogP contribution is -2.29. The molecule has 0 spiro atoms. The monoisotopic (exact) mass is 260 g/mol. The molecule has 1 atom stereocenters. The number of carbonyl (C=O) groups excluding carboxylic acids is 2. The van der Waals surface area contributed by atoms with Gasteiger partial charge in [0.05, 0.1) is 17.7 Å². The largest absolute Gasteiger partial charge is 0.458 e. The van der Waals surface area contributed by atoms with Gasteiger partial charge in [-0.2, -0.15) is 10.1 Å². The van der Waals surface area contributed by atoms with Crippen LogP contribution in [-0.2, 0) is 14.3 Å². The van der Waals surface area contributed by atoms with E-state index < -0.39 is 11.9 Å². The normalized spacial score (nSPS) is 18.7. The van der Waals surface area contributed by atoms with Gasteiger partial charge in [0, 0.05) is 0 Å². The van der Waals surface area contributed by atoms with Crippen molar-refractivity contribution in [2.75, 3.05) is 5.01 Å². The second-order valence-corrected chi connectivity index (χ2v) is 4.65. The molecule has 0 N–H and O–H groups in total. The number of hydrogen-bond acceptors (Lipinski definition) is 4. The quantitative estimate of drug-likeness (QED) is 0.781. The van der Waals surface area contributed by atoms with Crippen molar-refractivity contribution in [2.24, 2.45) is 11.0 Å². The first-order valence-electron chi connectivity index (χ1n) is 6.19. The Balaban J connectivity index is 2.26. The second-order valence-electron chi connectivity index (χ2n) is 4.65. The number of nitrogens with zero attached hydrogens (tertiary/aromatic N) is 2. The Morgan fingerprint density at radius 1 is 1.32 bits per heavy atom. The average Bonchev–Trinajstić information content (AvgIpc) is 2.67. The summed E-state index contributed by atoms with van der Waals surface area (Å²) in [5, 5.41) is 5.35. The maximum Gasteiger partial charge on any atom is 0.355 e. The standard InChI is InChI=1S/C14H16N2O3/c1-9(2)19-14(18)12-10(3)13(17)16(15-12)11-7-5-4-6-8-11/h4-10H,1-3H3. The number of hydrogen-bond donors (Lipinski definition) is 0. The van der Waals surface area contributed by atoms with Gasteiger partial charge in [-0.15, -0.1) is 0 Å². The fraction of sp³-hybridized carbons (Fsp3) is 0.357. The van der Waals surface area contributed by atoms with E-state index in [9.17, 15) is 9.59 Å². The van der Waals surface area contributed by atoms with Crippen LogP contribution in [-0.4, -0.2) is 23.7 Å².